The van der Waals surface area contributed by atoms with Crippen LogP contribution in [0.2, 0.25) is 5.02 Å². The Bertz CT molecular complexity index is 1440. The van der Waals surface area contributed by atoms with Gasteiger partial charge in [0.2, 0.25) is 5.91 Å². The predicted octanol–water partition coefficient (Wildman–Crippen LogP) is 6.32. The number of halogens is 1. The van der Waals surface area contributed by atoms with Gasteiger partial charge in [-0.15, -0.1) is 0 Å². The van der Waals surface area contributed by atoms with Crippen LogP contribution in [-0.4, -0.2) is 84.2 Å². The van der Waals surface area contributed by atoms with Crippen molar-refractivity contribution in [1.82, 2.24) is 9.80 Å². The summed E-state index contributed by atoms with van der Waals surface area (Å²) in [7, 11) is 4.08. The van der Waals surface area contributed by atoms with Gasteiger partial charge in [-0.05, 0) is 75.1 Å². The molecule has 2 fully saturated rings. The Balaban J connectivity index is 1.51. The maximum atomic E-state index is 14.7. The van der Waals surface area contributed by atoms with Crippen molar-refractivity contribution in [3.05, 3.63) is 107 Å². The van der Waals surface area contributed by atoms with E-state index in [1.165, 1.54) is 11.1 Å². The molecule has 1 unspecified atom stereocenters. The molecule has 2 saturated heterocycles. The Morgan fingerprint density at radius 3 is 2.00 bits per heavy atom. The molecule has 5 rings (SSSR count). The van der Waals surface area contributed by atoms with E-state index in [4.69, 9.17) is 17.3 Å². The lowest BCUT2D eigenvalue weighted by Gasteiger charge is -2.52. The zero-order valence-electron chi connectivity index (χ0n) is 29.0. The smallest absolute Gasteiger partial charge is 0.315 e. The van der Waals surface area contributed by atoms with Gasteiger partial charge < -0.3 is 15.7 Å². The maximum Gasteiger partial charge on any atom is 0.315 e. The van der Waals surface area contributed by atoms with Crippen LogP contribution in [0.25, 0.3) is 0 Å². The zero-order valence-corrected chi connectivity index (χ0v) is 29.7. The fourth-order valence-electron chi connectivity index (χ4n) is 8.26. The number of nitrogens with zero attached hydrogens (tertiary/aromatic N) is 3. The van der Waals surface area contributed by atoms with Crippen LogP contribution in [0.3, 0.4) is 0 Å². The van der Waals surface area contributed by atoms with Gasteiger partial charge in [0, 0.05) is 48.7 Å². The minimum Gasteiger partial charge on any atom is -0.385 e. The SMILES string of the molecule is CN(C)CCCC(=O)[N+]1(C(CCC(C)(c2ccccc2)c2ccccc2)N2CCC(O)(c3ccc(Cl)cc3)CC2)CCC(C(N)=O)CC1. The Morgan fingerprint density at radius 2 is 1.50 bits per heavy atom. The second-order valence-electron chi connectivity index (χ2n) is 14.6. The summed E-state index contributed by atoms with van der Waals surface area (Å²) in [6, 6.07) is 28.9. The first-order valence-electron chi connectivity index (χ1n) is 17.6. The highest BCUT2D eigenvalue weighted by Gasteiger charge is 2.51. The van der Waals surface area contributed by atoms with Crippen molar-refractivity contribution < 1.29 is 19.2 Å². The third-order valence-corrected chi connectivity index (χ3v) is 11.6. The lowest BCUT2D eigenvalue weighted by atomic mass is 9.72. The molecule has 2 aliphatic heterocycles. The summed E-state index contributed by atoms with van der Waals surface area (Å²) in [5, 5.41) is 12.5. The second-order valence-corrected chi connectivity index (χ2v) is 15.1. The van der Waals surface area contributed by atoms with Gasteiger partial charge >= 0.3 is 5.91 Å². The Hall–Kier alpha value is -3.07. The van der Waals surface area contributed by atoms with Gasteiger partial charge in [0.15, 0.2) is 6.17 Å². The number of amides is 2. The molecule has 0 radical (unpaired) electrons. The molecule has 7 nitrogen and oxygen atoms in total. The minimum absolute atomic E-state index is 0.0906. The van der Waals surface area contributed by atoms with Crippen LogP contribution in [-0.2, 0) is 20.6 Å². The molecular formula is C40H54ClN4O3+. The highest BCUT2D eigenvalue weighted by molar-refractivity contribution is 6.30. The van der Waals surface area contributed by atoms with E-state index in [1.807, 2.05) is 38.4 Å². The average Bonchev–Trinajstić information content (AvgIpc) is 3.10. The van der Waals surface area contributed by atoms with Crippen LogP contribution in [0.15, 0.2) is 84.9 Å². The minimum atomic E-state index is -0.951. The fraction of sp³-hybridized carbons (Fsp3) is 0.500. The predicted molar refractivity (Wildman–Crippen MR) is 193 cm³/mol. The number of primary amides is 1. The molecule has 8 heteroatoms. The van der Waals surface area contributed by atoms with Crippen molar-refractivity contribution in [1.29, 1.82) is 0 Å². The van der Waals surface area contributed by atoms with E-state index < -0.39 is 5.60 Å². The van der Waals surface area contributed by atoms with Crippen LogP contribution in [0.5, 0.6) is 0 Å². The van der Waals surface area contributed by atoms with Crippen LogP contribution < -0.4 is 5.73 Å². The molecule has 0 spiro atoms. The van der Waals surface area contributed by atoms with Gasteiger partial charge in [0.1, 0.15) is 0 Å². The first-order valence-corrected chi connectivity index (χ1v) is 18.0. The van der Waals surface area contributed by atoms with Gasteiger partial charge in [-0.25, -0.2) is 9.28 Å². The number of aliphatic hydroxyl groups is 1. The summed E-state index contributed by atoms with van der Waals surface area (Å²) in [5.74, 6) is -0.220. The normalized spacial score (nSPS) is 22.3. The van der Waals surface area contributed by atoms with Crippen molar-refractivity contribution in [3.63, 3.8) is 0 Å². The lowest BCUT2D eigenvalue weighted by molar-refractivity contribution is -0.898. The number of piperidine rings is 2. The van der Waals surface area contributed by atoms with E-state index in [0.717, 1.165) is 31.4 Å². The Morgan fingerprint density at radius 1 is 0.958 bits per heavy atom. The van der Waals surface area contributed by atoms with Crippen molar-refractivity contribution in [3.8, 4) is 0 Å². The number of carbonyl (C=O) groups excluding carboxylic acids is 2. The Kier molecular flexibility index (Phi) is 11.8. The molecule has 2 aliphatic rings. The standard InChI is InChI=1S/C40H53ClN4O3/c1-39(32-11-6-4-7-12-32,33-13-8-5-9-14-33)23-20-36(44-27-24-40(48,25-28-44)34-16-18-35(41)19-17-34)45(37(46)15-10-26-43(2)3)29-21-31(22-30-45)38(42)47/h4-9,11-14,16-19,31,36,48H,10,15,20-30H2,1-3H3,(H-,42,47)/p+1. The maximum absolute atomic E-state index is 14.7. The summed E-state index contributed by atoms with van der Waals surface area (Å²) >= 11 is 6.18. The molecule has 258 valence electrons. The molecule has 1 atom stereocenters. The number of quaternary nitrogens is 1. The highest BCUT2D eigenvalue weighted by Crippen LogP contribution is 2.42. The topological polar surface area (TPSA) is 86.9 Å². The van der Waals surface area contributed by atoms with E-state index in [9.17, 15) is 14.7 Å². The number of hydrogen-bond acceptors (Lipinski definition) is 5. The molecule has 0 aliphatic carbocycles. The second kappa shape index (κ2) is 15.6. The summed E-state index contributed by atoms with van der Waals surface area (Å²) in [5.41, 5.74) is 7.98. The molecule has 0 bridgehead atoms. The van der Waals surface area contributed by atoms with E-state index in [1.54, 1.807) is 0 Å². The van der Waals surface area contributed by atoms with Gasteiger partial charge in [-0.1, -0.05) is 91.3 Å². The van der Waals surface area contributed by atoms with E-state index in [2.05, 4.69) is 77.4 Å². The van der Waals surface area contributed by atoms with Gasteiger partial charge in [-0.3, -0.25) is 9.69 Å². The Labute approximate surface area is 292 Å². The molecule has 2 heterocycles. The molecule has 0 aromatic heterocycles. The van der Waals surface area contributed by atoms with Gasteiger partial charge in [0.05, 0.1) is 25.1 Å². The van der Waals surface area contributed by atoms with E-state index in [0.29, 0.717) is 67.8 Å². The van der Waals surface area contributed by atoms with Crippen LogP contribution in [0.1, 0.15) is 75.0 Å². The third kappa shape index (κ3) is 8.03. The van der Waals surface area contributed by atoms with Crippen molar-refractivity contribution >= 4 is 23.4 Å². The number of rotatable bonds is 13. The highest BCUT2D eigenvalue weighted by atomic mass is 35.5. The molecule has 3 N–H and O–H groups in total. The molecule has 48 heavy (non-hydrogen) atoms. The first-order chi connectivity index (χ1) is 23.0. The summed E-state index contributed by atoms with van der Waals surface area (Å²) in [6.45, 7) is 5.71. The molecule has 0 saturated carbocycles. The number of likely N-dealkylation sites (tertiary alicyclic amines) is 2. The lowest BCUT2D eigenvalue weighted by Crippen LogP contribution is -2.69. The summed E-state index contributed by atoms with van der Waals surface area (Å²) in [4.78, 5) is 31.6. The number of carbonyl (C=O) groups is 2. The molecule has 3 aromatic rings. The molecule has 3 aromatic carbocycles. The third-order valence-electron chi connectivity index (χ3n) is 11.4. The monoisotopic (exact) mass is 673 g/mol. The molecule has 2 amide bonds. The van der Waals surface area contributed by atoms with Crippen molar-refractivity contribution in [2.24, 2.45) is 11.7 Å². The van der Waals surface area contributed by atoms with E-state index in [-0.39, 0.29) is 29.3 Å². The number of nitrogens with two attached hydrogens (primary N) is 1. The fourth-order valence-corrected chi connectivity index (χ4v) is 8.39. The van der Waals surface area contributed by atoms with E-state index >= 15 is 0 Å². The average molecular weight is 674 g/mol. The first kappa shape index (κ1) is 36.2. The van der Waals surface area contributed by atoms with Crippen LogP contribution in [0, 0.1) is 5.92 Å². The quantitative estimate of drug-likeness (QED) is 0.208. The van der Waals surface area contributed by atoms with Crippen LogP contribution in [0.4, 0.5) is 0 Å². The van der Waals surface area contributed by atoms with Gasteiger partial charge in [-0.2, -0.15) is 0 Å². The summed E-state index contributed by atoms with van der Waals surface area (Å²) in [6.07, 6.45) is 5.19. The van der Waals surface area contributed by atoms with Crippen molar-refractivity contribution in [2.45, 2.75) is 75.5 Å². The molecular weight excluding hydrogens is 620 g/mol. The summed E-state index contributed by atoms with van der Waals surface area (Å²) < 4.78 is 0.343. The van der Waals surface area contributed by atoms with Crippen LogP contribution >= 0.6 is 11.6 Å². The number of hydrogen-bond donors (Lipinski definition) is 2. The largest absolute Gasteiger partial charge is 0.385 e. The van der Waals surface area contributed by atoms with Crippen molar-refractivity contribution in [2.75, 3.05) is 46.8 Å². The number of benzene rings is 3. The zero-order chi connectivity index (χ0) is 34.4. The van der Waals surface area contributed by atoms with Gasteiger partial charge in [0.25, 0.3) is 0 Å².